The summed E-state index contributed by atoms with van der Waals surface area (Å²) in [6.45, 7) is 9.18. The molecule has 0 amide bonds. The van der Waals surface area contributed by atoms with Crippen molar-refractivity contribution in [3.63, 3.8) is 0 Å². The number of benzene rings is 1. The molecule has 1 rings (SSSR count). The summed E-state index contributed by atoms with van der Waals surface area (Å²) in [4.78, 5) is 6.79. The topological polar surface area (TPSA) is 15.6 Å². The fraction of sp³-hybridized carbons (Fsp3) is 0.611. The number of hydrogen-bond donors (Lipinski definition) is 0. The zero-order chi connectivity index (χ0) is 15.2. The Kier molecular flexibility index (Phi) is 6.25. The van der Waals surface area contributed by atoms with Gasteiger partial charge in [-0.1, -0.05) is 58.7 Å². The van der Waals surface area contributed by atoms with E-state index in [1.54, 1.807) is 0 Å². The van der Waals surface area contributed by atoms with Crippen molar-refractivity contribution < 1.29 is 0 Å². The van der Waals surface area contributed by atoms with Crippen LogP contribution in [0.25, 0.3) is 0 Å². The first kappa shape index (κ1) is 16.7. The zero-order valence-electron chi connectivity index (χ0n) is 14.0. The van der Waals surface area contributed by atoms with Crippen LogP contribution in [0, 0.1) is 11.3 Å². The number of nitrogens with zero attached hydrogens (tertiary/aromatic N) is 2. The normalized spacial score (nSPS) is 12.8. The molecule has 0 atom stereocenters. The third-order valence-corrected chi connectivity index (χ3v) is 3.86. The molecule has 0 unspecified atom stereocenters. The number of para-hydroxylation sites is 1. The van der Waals surface area contributed by atoms with E-state index in [0.717, 1.165) is 11.8 Å². The van der Waals surface area contributed by atoms with E-state index in [1.165, 1.54) is 24.9 Å². The molecule has 112 valence electrons. The molecule has 0 aliphatic heterocycles. The van der Waals surface area contributed by atoms with E-state index in [1.807, 2.05) is 13.1 Å². The summed E-state index contributed by atoms with van der Waals surface area (Å²) < 4.78 is 0. The average molecular weight is 274 g/mol. The summed E-state index contributed by atoms with van der Waals surface area (Å²) >= 11 is 0. The maximum absolute atomic E-state index is 4.58. The molecule has 0 saturated carbocycles. The molecule has 0 bridgehead atoms. The van der Waals surface area contributed by atoms with Crippen LogP contribution in [-0.2, 0) is 0 Å². The smallest absolute Gasteiger partial charge is 0.108 e. The Labute approximate surface area is 124 Å². The highest BCUT2D eigenvalue weighted by atomic mass is 15.2. The van der Waals surface area contributed by atoms with Crippen molar-refractivity contribution in [1.82, 2.24) is 0 Å². The number of rotatable bonds is 6. The van der Waals surface area contributed by atoms with Crippen LogP contribution in [0.2, 0.25) is 0 Å². The largest absolute Gasteiger partial charge is 0.333 e. The molecular weight excluding hydrogens is 244 g/mol. The maximum Gasteiger partial charge on any atom is 0.108 e. The molecule has 0 N–H and O–H groups in total. The van der Waals surface area contributed by atoms with Crippen molar-refractivity contribution in [3.8, 4) is 0 Å². The van der Waals surface area contributed by atoms with Crippen LogP contribution in [0.1, 0.15) is 47.0 Å². The first-order chi connectivity index (χ1) is 9.38. The third-order valence-electron chi connectivity index (χ3n) is 3.86. The molecule has 1 aromatic rings. The van der Waals surface area contributed by atoms with Crippen LogP contribution in [-0.4, -0.2) is 19.9 Å². The van der Waals surface area contributed by atoms with Gasteiger partial charge >= 0.3 is 0 Å². The molecule has 2 nitrogen and oxygen atoms in total. The fourth-order valence-electron chi connectivity index (χ4n) is 2.74. The Morgan fingerprint density at radius 2 is 1.80 bits per heavy atom. The lowest BCUT2D eigenvalue weighted by molar-refractivity contribution is 0.415. The summed E-state index contributed by atoms with van der Waals surface area (Å²) in [7, 11) is 4.01. The quantitative estimate of drug-likeness (QED) is 0.526. The molecule has 2 heteroatoms. The Hall–Kier alpha value is -1.31. The molecule has 0 radical (unpaired) electrons. The molecule has 0 spiro atoms. The van der Waals surface area contributed by atoms with Gasteiger partial charge in [0.2, 0.25) is 0 Å². The van der Waals surface area contributed by atoms with Gasteiger partial charge in [-0.25, -0.2) is 0 Å². The summed E-state index contributed by atoms with van der Waals surface area (Å²) in [6.07, 6.45) is 3.72. The van der Waals surface area contributed by atoms with E-state index in [2.05, 4.69) is 68.9 Å². The second-order valence-corrected chi connectivity index (χ2v) is 6.61. The van der Waals surface area contributed by atoms with Gasteiger partial charge in [0, 0.05) is 25.2 Å². The number of amidine groups is 1. The Morgan fingerprint density at radius 1 is 1.20 bits per heavy atom. The van der Waals surface area contributed by atoms with E-state index in [-0.39, 0.29) is 5.41 Å². The molecule has 20 heavy (non-hydrogen) atoms. The van der Waals surface area contributed by atoms with Crippen LogP contribution < -0.4 is 4.90 Å². The number of anilines is 1. The molecule has 0 heterocycles. The van der Waals surface area contributed by atoms with Gasteiger partial charge in [0.25, 0.3) is 0 Å². The van der Waals surface area contributed by atoms with Crippen LogP contribution in [0.15, 0.2) is 35.3 Å². The van der Waals surface area contributed by atoms with E-state index >= 15 is 0 Å². The summed E-state index contributed by atoms with van der Waals surface area (Å²) in [5.41, 5.74) is 1.30. The van der Waals surface area contributed by atoms with E-state index in [4.69, 9.17) is 0 Å². The Balaban J connectivity index is 2.79. The van der Waals surface area contributed by atoms with Gasteiger partial charge in [0.15, 0.2) is 0 Å². The standard InChI is InChI=1S/C18H30N2/c1-15(2)11-10-14-18(3,4)17(19-5)20(6)16-12-8-7-9-13-16/h7-9,12-13,15H,10-11,14H2,1-6H3/b19-17-. The highest BCUT2D eigenvalue weighted by Crippen LogP contribution is 2.29. The van der Waals surface area contributed by atoms with Gasteiger partial charge in [-0.3, -0.25) is 4.99 Å². The highest BCUT2D eigenvalue weighted by molar-refractivity contribution is 6.00. The number of hydrogen-bond acceptors (Lipinski definition) is 1. The molecule has 0 fully saturated rings. The number of aliphatic imine (C=N–C) groups is 1. The minimum absolute atomic E-state index is 0.105. The van der Waals surface area contributed by atoms with Crippen LogP contribution in [0.4, 0.5) is 5.69 Å². The molecule has 1 aromatic carbocycles. The monoisotopic (exact) mass is 274 g/mol. The molecule has 0 saturated heterocycles. The fourth-order valence-corrected chi connectivity index (χ4v) is 2.74. The summed E-state index contributed by atoms with van der Waals surface area (Å²) in [6, 6.07) is 10.5. The third kappa shape index (κ3) is 4.66. The first-order valence-corrected chi connectivity index (χ1v) is 7.64. The zero-order valence-corrected chi connectivity index (χ0v) is 14.0. The van der Waals surface area contributed by atoms with Crippen LogP contribution >= 0.6 is 0 Å². The van der Waals surface area contributed by atoms with Crippen molar-refractivity contribution >= 4 is 11.5 Å². The van der Waals surface area contributed by atoms with Gasteiger partial charge in [-0.15, -0.1) is 0 Å². The summed E-state index contributed by atoms with van der Waals surface area (Å²) in [5, 5.41) is 0. The van der Waals surface area contributed by atoms with Gasteiger partial charge in [0.05, 0.1) is 0 Å². The van der Waals surface area contributed by atoms with Crippen molar-refractivity contribution in [1.29, 1.82) is 0 Å². The molecular formula is C18H30N2. The Morgan fingerprint density at radius 3 is 2.30 bits per heavy atom. The first-order valence-electron chi connectivity index (χ1n) is 7.64. The maximum atomic E-state index is 4.58. The minimum atomic E-state index is 0.105. The van der Waals surface area contributed by atoms with Gasteiger partial charge < -0.3 is 4.90 Å². The predicted octanol–water partition coefficient (Wildman–Crippen LogP) is 5.00. The van der Waals surface area contributed by atoms with Crippen molar-refractivity contribution in [3.05, 3.63) is 30.3 Å². The van der Waals surface area contributed by atoms with Crippen molar-refractivity contribution in [2.24, 2.45) is 16.3 Å². The van der Waals surface area contributed by atoms with Crippen molar-refractivity contribution in [2.45, 2.75) is 47.0 Å². The molecule has 0 aromatic heterocycles. The van der Waals surface area contributed by atoms with Crippen LogP contribution in [0.5, 0.6) is 0 Å². The SMILES string of the molecule is C/N=C(\N(C)c1ccccc1)C(C)(C)CCCC(C)C. The Bertz CT molecular complexity index is 418. The lowest BCUT2D eigenvalue weighted by Crippen LogP contribution is -2.38. The van der Waals surface area contributed by atoms with E-state index in [9.17, 15) is 0 Å². The highest BCUT2D eigenvalue weighted by Gasteiger charge is 2.27. The van der Waals surface area contributed by atoms with Crippen LogP contribution in [0.3, 0.4) is 0 Å². The van der Waals surface area contributed by atoms with Crippen molar-refractivity contribution in [2.75, 3.05) is 19.0 Å². The summed E-state index contributed by atoms with van der Waals surface area (Å²) in [5.74, 6) is 1.94. The van der Waals surface area contributed by atoms with Gasteiger partial charge in [-0.2, -0.15) is 0 Å². The van der Waals surface area contributed by atoms with E-state index in [0.29, 0.717) is 0 Å². The van der Waals surface area contributed by atoms with Gasteiger partial charge in [0.1, 0.15) is 5.84 Å². The van der Waals surface area contributed by atoms with E-state index < -0.39 is 0 Å². The average Bonchev–Trinajstić information content (AvgIpc) is 2.39. The lowest BCUT2D eigenvalue weighted by atomic mass is 9.84. The molecule has 0 aliphatic carbocycles. The second kappa shape index (κ2) is 7.47. The predicted molar refractivity (Wildman–Crippen MR) is 90.7 cm³/mol. The second-order valence-electron chi connectivity index (χ2n) is 6.61. The molecule has 0 aliphatic rings. The lowest BCUT2D eigenvalue weighted by Gasteiger charge is -2.34. The van der Waals surface area contributed by atoms with Gasteiger partial charge in [-0.05, 0) is 24.5 Å². The minimum Gasteiger partial charge on any atom is -0.333 e.